The molecule has 13 heavy (non-hydrogen) atoms. The first kappa shape index (κ1) is 12.4. The van der Waals surface area contributed by atoms with Gasteiger partial charge >= 0.3 is 0 Å². The van der Waals surface area contributed by atoms with Crippen LogP contribution in [-0.4, -0.2) is 32.9 Å². The molecule has 1 unspecified atom stereocenters. The quantitative estimate of drug-likeness (QED) is 0.690. The van der Waals surface area contributed by atoms with Gasteiger partial charge in [-0.05, 0) is 6.42 Å². The maximum absolute atomic E-state index is 11.2. The summed E-state index contributed by atoms with van der Waals surface area (Å²) in [5.41, 5.74) is 0. The van der Waals surface area contributed by atoms with E-state index in [0.717, 1.165) is 10.7 Å². The van der Waals surface area contributed by atoms with Gasteiger partial charge in [-0.25, -0.2) is 0 Å². The number of hydrogen-bond acceptors (Lipinski definition) is 3. The zero-order chi connectivity index (χ0) is 10.5. The van der Waals surface area contributed by atoms with Gasteiger partial charge in [0.25, 0.3) is 10.2 Å². The fourth-order valence-corrected chi connectivity index (χ4v) is 1.46. The summed E-state index contributed by atoms with van der Waals surface area (Å²) in [4.78, 5) is 0. The van der Waals surface area contributed by atoms with Crippen LogP contribution in [0.2, 0.25) is 0 Å². The summed E-state index contributed by atoms with van der Waals surface area (Å²) < 4.78 is 25.8. The zero-order valence-corrected chi connectivity index (χ0v) is 8.93. The van der Waals surface area contributed by atoms with E-state index in [4.69, 9.17) is 5.26 Å². The van der Waals surface area contributed by atoms with Crippen molar-refractivity contribution in [1.82, 2.24) is 9.03 Å². The molecular weight excluding hydrogens is 190 g/mol. The summed E-state index contributed by atoms with van der Waals surface area (Å²) in [6, 6.07) is 1.27. The van der Waals surface area contributed by atoms with E-state index in [0.29, 0.717) is 6.42 Å². The lowest BCUT2D eigenvalue weighted by molar-refractivity contribution is 0.494. The van der Waals surface area contributed by atoms with Crippen molar-refractivity contribution < 1.29 is 8.42 Å². The summed E-state index contributed by atoms with van der Waals surface area (Å²) in [5.74, 6) is 0. The minimum Gasteiger partial charge on any atom is -0.197 e. The van der Waals surface area contributed by atoms with Crippen molar-refractivity contribution >= 4 is 10.2 Å². The van der Waals surface area contributed by atoms with E-state index in [1.165, 1.54) is 14.1 Å². The van der Waals surface area contributed by atoms with Crippen LogP contribution < -0.4 is 4.72 Å². The second kappa shape index (κ2) is 5.17. The second-order valence-corrected chi connectivity index (χ2v) is 4.79. The van der Waals surface area contributed by atoms with Crippen molar-refractivity contribution in [1.29, 1.82) is 5.26 Å². The Morgan fingerprint density at radius 3 is 2.38 bits per heavy atom. The fourth-order valence-electron chi connectivity index (χ4n) is 0.724. The molecule has 1 atom stereocenters. The molecule has 0 rings (SSSR count). The van der Waals surface area contributed by atoms with Gasteiger partial charge in [-0.15, -0.1) is 0 Å². The highest BCUT2D eigenvalue weighted by molar-refractivity contribution is 7.87. The predicted molar refractivity (Wildman–Crippen MR) is 50.1 cm³/mol. The van der Waals surface area contributed by atoms with Crippen molar-refractivity contribution in [2.75, 3.05) is 14.1 Å². The summed E-state index contributed by atoms with van der Waals surface area (Å²) in [6.07, 6.45) is 1.30. The van der Waals surface area contributed by atoms with E-state index in [1.54, 1.807) is 0 Å². The Labute approximate surface area is 79.5 Å². The molecule has 76 valence electrons. The molecule has 0 fully saturated rings. The maximum atomic E-state index is 11.2. The van der Waals surface area contributed by atoms with E-state index in [-0.39, 0.29) is 0 Å². The Kier molecular flexibility index (Phi) is 4.91. The van der Waals surface area contributed by atoms with Gasteiger partial charge in [0.15, 0.2) is 0 Å². The molecule has 0 amide bonds. The number of hydrogen-bond donors (Lipinski definition) is 1. The van der Waals surface area contributed by atoms with E-state index in [1.807, 2.05) is 13.0 Å². The summed E-state index contributed by atoms with van der Waals surface area (Å²) >= 11 is 0. The Hall–Kier alpha value is -0.640. The molecule has 0 aliphatic rings. The minimum atomic E-state index is -3.47. The van der Waals surface area contributed by atoms with Crippen LogP contribution in [0.25, 0.3) is 0 Å². The van der Waals surface area contributed by atoms with Crippen LogP contribution in [0.1, 0.15) is 19.8 Å². The Morgan fingerprint density at radius 1 is 1.54 bits per heavy atom. The van der Waals surface area contributed by atoms with E-state index in [9.17, 15) is 8.42 Å². The van der Waals surface area contributed by atoms with E-state index < -0.39 is 16.3 Å². The molecule has 5 nitrogen and oxygen atoms in total. The summed E-state index contributed by atoms with van der Waals surface area (Å²) in [6.45, 7) is 1.90. The molecule has 6 heteroatoms. The predicted octanol–water partition coefficient (Wildman–Crippen LogP) is 0.0747. The Balaban J connectivity index is 4.34. The van der Waals surface area contributed by atoms with Crippen LogP contribution in [0.3, 0.4) is 0 Å². The molecule has 0 aromatic carbocycles. The van der Waals surface area contributed by atoms with E-state index >= 15 is 0 Å². The molecule has 0 spiro atoms. The molecule has 0 aliphatic heterocycles. The van der Waals surface area contributed by atoms with Crippen molar-refractivity contribution in [2.24, 2.45) is 0 Å². The van der Waals surface area contributed by atoms with Gasteiger partial charge in [0.1, 0.15) is 6.04 Å². The van der Waals surface area contributed by atoms with Crippen LogP contribution in [0.5, 0.6) is 0 Å². The van der Waals surface area contributed by atoms with Crippen molar-refractivity contribution in [3.05, 3.63) is 0 Å². The number of nitrogens with zero attached hydrogens (tertiary/aromatic N) is 2. The number of rotatable bonds is 5. The molecule has 0 heterocycles. The van der Waals surface area contributed by atoms with Gasteiger partial charge < -0.3 is 0 Å². The number of nitrogens with one attached hydrogen (secondary N) is 1. The smallest absolute Gasteiger partial charge is 0.197 e. The third-order valence-electron chi connectivity index (χ3n) is 1.51. The Morgan fingerprint density at radius 2 is 2.08 bits per heavy atom. The minimum absolute atomic E-state index is 0.531. The summed E-state index contributed by atoms with van der Waals surface area (Å²) in [5, 5.41) is 8.61. The lowest BCUT2D eigenvalue weighted by atomic mass is 10.2. The molecule has 0 aromatic heterocycles. The molecule has 0 aromatic rings. The first-order valence-electron chi connectivity index (χ1n) is 4.03. The average molecular weight is 205 g/mol. The lowest BCUT2D eigenvalue weighted by Gasteiger charge is -2.15. The molecule has 0 bridgehead atoms. The highest BCUT2D eigenvalue weighted by atomic mass is 32.2. The van der Waals surface area contributed by atoms with Gasteiger partial charge in [-0.2, -0.15) is 22.7 Å². The maximum Gasteiger partial charge on any atom is 0.280 e. The average Bonchev–Trinajstić information content (AvgIpc) is 2.03. The van der Waals surface area contributed by atoms with Crippen molar-refractivity contribution in [3.63, 3.8) is 0 Å². The normalized spacial score (nSPS) is 14.1. The van der Waals surface area contributed by atoms with Crippen LogP contribution in [0.4, 0.5) is 0 Å². The third kappa shape index (κ3) is 4.22. The lowest BCUT2D eigenvalue weighted by Crippen LogP contribution is -2.41. The third-order valence-corrected chi connectivity index (χ3v) is 3.05. The fraction of sp³-hybridized carbons (Fsp3) is 0.857. The standard InChI is InChI=1S/C7H15N3O2S/c1-4-5-7(6-8)9-13(11,12)10(2)3/h7,9H,4-5H2,1-3H3. The zero-order valence-electron chi connectivity index (χ0n) is 8.11. The highest BCUT2D eigenvalue weighted by Gasteiger charge is 2.18. The molecule has 0 aliphatic carbocycles. The molecule has 0 saturated heterocycles. The van der Waals surface area contributed by atoms with Crippen LogP contribution >= 0.6 is 0 Å². The monoisotopic (exact) mass is 205 g/mol. The highest BCUT2D eigenvalue weighted by Crippen LogP contribution is 1.98. The molecular formula is C7H15N3O2S. The topological polar surface area (TPSA) is 73.2 Å². The van der Waals surface area contributed by atoms with E-state index in [2.05, 4.69) is 4.72 Å². The van der Waals surface area contributed by atoms with Gasteiger partial charge in [0.2, 0.25) is 0 Å². The second-order valence-electron chi connectivity index (χ2n) is 2.88. The first-order chi connectivity index (χ1) is 5.94. The first-order valence-corrected chi connectivity index (χ1v) is 5.47. The van der Waals surface area contributed by atoms with Gasteiger partial charge in [0.05, 0.1) is 6.07 Å². The number of nitriles is 1. The van der Waals surface area contributed by atoms with Crippen molar-refractivity contribution in [2.45, 2.75) is 25.8 Å². The largest absolute Gasteiger partial charge is 0.280 e. The molecule has 0 saturated carbocycles. The van der Waals surface area contributed by atoms with Gasteiger partial charge in [-0.1, -0.05) is 13.3 Å². The van der Waals surface area contributed by atoms with Crippen LogP contribution in [-0.2, 0) is 10.2 Å². The molecule has 0 radical (unpaired) electrons. The van der Waals surface area contributed by atoms with Gasteiger partial charge in [0, 0.05) is 14.1 Å². The van der Waals surface area contributed by atoms with Gasteiger partial charge in [-0.3, -0.25) is 0 Å². The van der Waals surface area contributed by atoms with Crippen molar-refractivity contribution in [3.8, 4) is 6.07 Å². The molecule has 1 N–H and O–H groups in total. The Bertz CT molecular complexity index is 279. The SMILES string of the molecule is CCCC(C#N)NS(=O)(=O)N(C)C. The van der Waals surface area contributed by atoms with Crippen LogP contribution in [0.15, 0.2) is 0 Å². The van der Waals surface area contributed by atoms with Crippen LogP contribution in [0, 0.1) is 11.3 Å². The summed E-state index contributed by atoms with van der Waals surface area (Å²) in [7, 11) is -0.632.